The van der Waals surface area contributed by atoms with Crippen LogP contribution in [0.2, 0.25) is 0 Å². The van der Waals surface area contributed by atoms with Crippen LogP contribution in [-0.4, -0.2) is 11.6 Å². The van der Waals surface area contributed by atoms with Crippen molar-refractivity contribution in [1.29, 1.82) is 0 Å². The van der Waals surface area contributed by atoms with Gasteiger partial charge in [0.15, 0.2) is 11.6 Å². The van der Waals surface area contributed by atoms with Crippen LogP contribution in [0.1, 0.15) is 6.92 Å². The van der Waals surface area contributed by atoms with Gasteiger partial charge in [-0.15, -0.1) is 0 Å². The molecule has 0 saturated heterocycles. The van der Waals surface area contributed by atoms with Gasteiger partial charge in [-0.25, -0.2) is 0 Å². The second kappa shape index (κ2) is 4.39. The molecule has 0 atom stereocenters. The molecule has 0 radical (unpaired) electrons. The Balaban J connectivity index is 4.45. The van der Waals surface area contributed by atoms with Crippen LogP contribution in [0.15, 0.2) is 37.0 Å². The van der Waals surface area contributed by atoms with Crippen LogP contribution in [0.3, 0.4) is 0 Å². The number of hydrogen-bond acceptors (Lipinski definition) is 2. The summed E-state index contributed by atoms with van der Waals surface area (Å²) in [6.45, 7) is 8.12. The molecule has 0 fully saturated rings. The van der Waals surface area contributed by atoms with Gasteiger partial charge in [0, 0.05) is 5.57 Å². The third kappa shape index (κ3) is 3.30. The molecule has 0 aromatic heterocycles. The van der Waals surface area contributed by atoms with Crippen LogP contribution in [0.25, 0.3) is 0 Å². The van der Waals surface area contributed by atoms with Gasteiger partial charge in [0.1, 0.15) is 0 Å². The molecule has 0 aromatic rings. The first-order valence-corrected chi connectivity index (χ1v) is 3.13. The highest BCUT2D eigenvalue weighted by Gasteiger charge is 1.99. The van der Waals surface area contributed by atoms with E-state index in [0.29, 0.717) is 5.57 Å². The summed E-state index contributed by atoms with van der Waals surface area (Å²) in [5.74, 6) is -0.502. The van der Waals surface area contributed by atoms with Crippen molar-refractivity contribution in [3.63, 3.8) is 0 Å². The molecular weight excluding hydrogens is 140 g/mol. The van der Waals surface area contributed by atoms with E-state index in [1.807, 2.05) is 0 Å². The molecule has 0 heterocycles. The number of carbonyl (C=O) groups excluding carboxylic acids is 2. The third-order valence-corrected chi connectivity index (χ3v) is 1.13. The van der Waals surface area contributed by atoms with Crippen molar-refractivity contribution in [1.82, 2.24) is 0 Å². The summed E-state index contributed by atoms with van der Waals surface area (Å²) in [5.41, 5.74) is 0.380. The maximum atomic E-state index is 10.8. The Labute approximate surface area is 65.9 Å². The summed E-state index contributed by atoms with van der Waals surface area (Å²) >= 11 is 0. The van der Waals surface area contributed by atoms with Gasteiger partial charge in [0.05, 0.1) is 0 Å². The molecule has 11 heavy (non-hydrogen) atoms. The van der Waals surface area contributed by atoms with E-state index < -0.39 is 0 Å². The van der Waals surface area contributed by atoms with Crippen LogP contribution in [0, 0.1) is 0 Å². The van der Waals surface area contributed by atoms with E-state index in [-0.39, 0.29) is 11.6 Å². The van der Waals surface area contributed by atoms with Gasteiger partial charge in [0.2, 0.25) is 0 Å². The second-order valence-electron chi connectivity index (χ2n) is 2.00. The number of hydrogen-bond donors (Lipinski definition) is 0. The summed E-state index contributed by atoms with van der Waals surface area (Å²) in [5, 5.41) is 0. The lowest BCUT2D eigenvalue weighted by Gasteiger charge is -1.90. The molecule has 0 saturated carbocycles. The summed E-state index contributed by atoms with van der Waals surface area (Å²) in [4.78, 5) is 21.5. The molecule has 0 spiro atoms. The van der Waals surface area contributed by atoms with Crippen LogP contribution >= 0.6 is 0 Å². The number of carbonyl (C=O) groups is 2. The zero-order chi connectivity index (χ0) is 8.85. The minimum Gasteiger partial charge on any atom is -0.290 e. The molecule has 0 aliphatic carbocycles. The lowest BCUT2D eigenvalue weighted by Crippen LogP contribution is -1.96. The van der Waals surface area contributed by atoms with Crippen molar-refractivity contribution in [2.24, 2.45) is 0 Å². The zero-order valence-corrected chi connectivity index (χ0v) is 6.46. The minimum absolute atomic E-state index is 0.236. The van der Waals surface area contributed by atoms with Gasteiger partial charge >= 0.3 is 0 Å². The van der Waals surface area contributed by atoms with E-state index in [2.05, 4.69) is 13.2 Å². The quantitative estimate of drug-likeness (QED) is 0.568. The van der Waals surface area contributed by atoms with E-state index in [4.69, 9.17) is 0 Å². The maximum Gasteiger partial charge on any atom is 0.181 e. The number of rotatable bonds is 4. The molecule has 2 nitrogen and oxygen atoms in total. The summed E-state index contributed by atoms with van der Waals surface area (Å²) in [6.07, 6.45) is 3.55. The van der Waals surface area contributed by atoms with Crippen LogP contribution in [-0.2, 0) is 9.59 Å². The van der Waals surface area contributed by atoms with E-state index in [1.165, 1.54) is 12.2 Å². The highest BCUT2D eigenvalue weighted by molar-refractivity contribution is 6.09. The molecule has 0 rings (SSSR count). The Morgan fingerprint density at radius 3 is 2.09 bits per heavy atom. The van der Waals surface area contributed by atoms with Crippen molar-refractivity contribution in [2.75, 3.05) is 0 Å². The summed E-state index contributed by atoms with van der Waals surface area (Å²) in [6, 6.07) is 0. The Morgan fingerprint density at radius 1 is 1.18 bits per heavy atom. The van der Waals surface area contributed by atoms with E-state index in [9.17, 15) is 9.59 Å². The Bertz CT molecular complexity index is 234. The average molecular weight is 150 g/mol. The fourth-order valence-electron chi connectivity index (χ4n) is 0.504. The zero-order valence-electron chi connectivity index (χ0n) is 6.46. The van der Waals surface area contributed by atoms with Crippen molar-refractivity contribution in [2.45, 2.75) is 6.92 Å². The van der Waals surface area contributed by atoms with Gasteiger partial charge in [-0.05, 0) is 25.2 Å². The first-order chi connectivity index (χ1) is 5.11. The molecule has 0 aliphatic heterocycles. The minimum atomic E-state index is -0.266. The fraction of sp³-hybridized carbons (Fsp3) is 0.111. The van der Waals surface area contributed by atoms with Gasteiger partial charge in [-0.2, -0.15) is 0 Å². The predicted molar refractivity (Wildman–Crippen MR) is 44.2 cm³/mol. The number of allylic oxidation sites excluding steroid dienone is 4. The third-order valence-electron chi connectivity index (χ3n) is 1.13. The highest BCUT2D eigenvalue weighted by atomic mass is 16.1. The van der Waals surface area contributed by atoms with Crippen LogP contribution in [0.4, 0.5) is 0 Å². The molecule has 58 valence electrons. The molecule has 0 amide bonds. The van der Waals surface area contributed by atoms with Gasteiger partial charge in [-0.1, -0.05) is 13.2 Å². The normalized spacial score (nSPS) is 10.5. The van der Waals surface area contributed by atoms with Crippen LogP contribution < -0.4 is 0 Å². The second-order valence-corrected chi connectivity index (χ2v) is 2.00. The maximum absolute atomic E-state index is 10.8. The topological polar surface area (TPSA) is 34.1 Å². The molecule has 0 unspecified atom stereocenters. The molecule has 0 aromatic carbocycles. The first kappa shape index (κ1) is 9.56. The molecular formula is C9H10O2. The van der Waals surface area contributed by atoms with Gasteiger partial charge < -0.3 is 0 Å². The smallest absolute Gasteiger partial charge is 0.181 e. The monoisotopic (exact) mass is 150 g/mol. The van der Waals surface area contributed by atoms with Gasteiger partial charge in [-0.3, -0.25) is 9.59 Å². The van der Waals surface area contributed by atoms with Crippen molar-refractivity contribution in [3.05, 3.63) is 37.0 Å². The number of ketones is 2. The Kier molecular flexibility index (Phi) is 3.81. The fourth-order valence-corrected chi connectivity index (χ4v) is 0.504. The van der Waals surface area contributed by atoms with Crippen molar-refractivity contribution >= 4 is 11.6 Å². The lowest BCUT2D eigenvalue weighted by molar-refractivity contribution is -0.113. The van der Waals surface area contributed by atoms with Gasteiger partial charge in [0.25, 0.3) is 0 Å². The van der Waals surface area contributed by atoms with E-state index >= 15 is 0 Å². The van der Waals surface area contributed by atoms with Crippen molar-refractivity contribution in [3.8, 4) is 0 Å². The lowest BCUT2D eigenvalue weighted by atomic mass is 10.1. The predicted octanol–water partition coefficient (Wildman–Crippen LogP) is 1.44. The SMILES string of the molecule is C=CC(=O)/C=C(/C)C(=O)C=C. The van der Waals surface area contributed by atoms with Crippen LogP contribution in [0.5, 0.6) is 0 Å². The molecule has 0 N–H and O–H groups in total. The molecule has 0 aliphatic rings. The first-order valence-electron chi connectivity index (χ1n) is 3.13. The van der Waals surface area contributed by atoms with E-state index in [0.717, 1.165) is 6.08 Å². The van der Waals surface area contributed by atoms with E-state index in [1.54, 1.807) is 6.92 Å². The largest absolute Gasteiger partial charge is 0.290 e. The summed E-state index contributed by atoms with van der Waals surface area (Å²) in [7, 11) is 0. The Hall–Kier alpha value is -1.44. The standard InChI is InChI=1S/C9H10O2/c1-4-8(10)6-7(3)9(11)5-2/h4-6H,1-2H2,3H3/b7-6-. The molecule has 2 heteroatoms. The van der Waals surface area contributed by atoms with Crippen molar-refractivity contribution < 1.29 is 9.59 Å². The Morgan fingerprint density at radius 2 is 1.73 bits per heavy atom. The average Bonchev–Trinajstić information content (AvgIpc) is 2.02. The summed E-state index contributed by atoms with van der Waals surface area (Å²) < 4.78 is 0. The molecule has 0 bridgehead atoms. The highest BCUT2D eigenvalue weighted by Crippen LogP contribution is 1.95.